The molecule has 0 saturated heterocycles. The van der Waals surface area contributed by atoms with E-state index in [1.54, 1.807) is 6.20 Å². The molecule has 0 spiro atoms. The van der Waals surface area contributed by atoms with E-state index in [4.69, 9.17) is 0 Å². The van der Waals surface area contributed by atoms with E-state index in [1.165, 1.54) is 0 Å². The first-order chi connectivity index (χ1) is 8.29. The van der Waals surface area contributed by atoms with Gasteiger partial charge in [-0.3, -0.25) is 9.89 Å². The van der Waals surface area contributed by atoms with Crippen molar-refractivity contribution in [1.29, 1.82) is 0 Å². The maximum absolute atomic E-state index is 11.4. The van der Waals surface area contributed by atoms with Crippen molar-refractivity contribution < 1.29 is 7.65 Å². The van der Waals surface area contributed by atoms with Gasteiger partial charge in [-0.25, -0.2) is 0 Å². The number of aromatic amines is 1. The number of hydrogen-bond acceptors (Lipinski definition) is 2. The Kier molecular flexibility index (Phi) is 5.20. The van der Waals surface area contributed by atoms with Gasteiger partial charge in [-0.15, -0.1) is 0 Å². The average molecular weight is 237 g/mol. The number of carbonyl (C=O) groups excluding carboxylic acids is 1. The molecule has 0 atom stereocenters. The molecule has 0 fully saturated rings. The van der Waals surface area contributed by atoms with Crippen LogP contribution in [0.3, 0.4) is 0 Å². The van der Waals surface area contributed by atoms with Gasteiger partial charge in [0.15, 0.2) is 0 Å². The number of aromatic nitrogens is 2. The third kappa shape index (κ3) is 3.59. The van der Waals surface area contributed by atoms with Gasteiger partial charge in [-0.05, 0) is 24.6 Å². The summed E-state index contributed by atoms with van der Waals surface area (Å²) >= 11 is 0. The van der Waals surface area contributed by atoms with Crippen molar-refractivity contribution in [3.63, 3.8) is 0 Å². The van der Waals surface area contributed by atoms with Crippen LogP contribution in [0.5, 0.6) is 0 Å². The largest absolute Gasteiger partial charge is 0.326 e. The molecule has 96 valence electrons. The molecule has 2 rings (SSSR count). The van der Waals surface area contributed by atoms with Crippen LogP contribution in [0, 0.1) is 0 Å². The second kappa shape index (κ2) is 6.68. The summed E-state index contributed by atoms with van der Waals surface area (Å²) in [6.45, 7) is 5.98. The number of anilines is 1. The van der Waals surface area contributed by atoms with Crippen molar-refractivity contribution in [2.45, 2.75) is 33.6 Å². The van der Waals surface area contributed by atoms with Gasteiger partial charge in [0.2, 0.25) is 5.91 Å². The van der Waals surface area contributed by atoms with Crippen LogP contribution >= 0.6 is 0 Å². The third-order valence-corrected chi connectivity index (χ3v) is 2.20. The molecule has 1 heterocycles. The standard InChI is InChI=1S/C11H13N3O.C2H6.2H2/c1-2-3-11(15)13-9-4-5-10-8(6-9)7-12-14-10;1-2;;/h4-7H,2-3H2,1H3,(H,12,14)(H,13,15);1-2H3;2*1H. The molecule has 0 saturated carbocycles. The van der Waals surface area contributed by atoms with Gasteiger partial charge < -0.3 is 5.32 Å². The van der Waals surface area contributed by atoms with Crippen molar-refractivity contribution in [3.05, 3.63) is 24.4 Å². The molecule has 0 unspecified atom stereocenters. The van der Waals surface area contributed by atoms with Crippen LogP contribution in [0.1, 0.15) is 36.5 Å². The van der Waals surface area contributed by atoms with Crippen molar-refractivity contribution >= 4 is 22.5 Å². The van der Waals surface area contributed by atoms with Crippen LogP contribution < -0.4 is 5.32 Å². The van der Waals surface area contributed by atoms with E-state index in [0.717, 1.165) is 23.0 Å². The Bertz CT molecular complexity index is 485. The molecule has 0 aliphatic heterocycles. The molecule has 17 heavy (non-hydrogen) atoms. The molecule has 1 aromatic carbocycles. The van der Waals surface area contributed by atoms with Gasteiger partial charge in [0.05, 0.1) is 11.7 Å². The molecule has 0 bridgehead atoms. The van der Waals surface area contributed by atoms with Gasteiger partial charge in [0, 0.05) is 20.3 Å². The number of H-pyrrole nitrogens is 1. The molecule has 4 nitrogen and oxygen atoms in total. The minimum Gasteiger partial charge on any atom is -0.326 e. The van der Waals surface area contributed by atoms with Crippen LogP contribution in [-0.2, 0) is 4.79 Å². The fourth-order valence-corrected chi connectivity index (χ4v) is 1.47. The van der Waals surface area contributed by atoms with Crippen LogP contribution in [0.15, 0.2) is 24.4 Å². The number of carbonyl (C=O) groups is 1. The highest BCUT2D eigenvalue weighted by Crippen LogP contribution is 2.16. The lowest BCUT2D eigenvalue weighted by atomic mass is 10.2. The monoisotopic (exact) mass is 237 g/mol. The van der Waals surface area contributed by atoms with E-state index in [-0.39, 0.29) is 8.76 Å². The number of hydrogen-bond donors (Lipinski definition) is 2. The predicted molar refractivity (Wildman–Crippen MR) is 75.2 cm³/mol. The predicted octanol–water partition coefficient (Wildman–Crippen LogP) is 3.82. The summed E-state index contributed by atoms with van der Waals surface area (Å²) in [6.07, 6.45) is 3.16. The molecular weight excluding hydrogens is 214 g/mol. The second-order valence-electron chi connectivity index (χ2n) is 3.47. The lowest BCUT2D eigenvalue weighted by molar-refractivity contribution is -0.116. The topological polar surface area (TPSA) is 57.8 Å². The van der Waals surface area contributed by atoms with Crippen molar-refractivity contribution in [3.8, 4) is 0 Å². The first kappa shape index (κ1) is 13.2. The Morgan fingerprint density at radius 3 is 2.94 bits per heavy atom. The van der Waals surface area contributed by atoms with E-state index in [0.29, 0.717) is 6.42 Å². The van der Waals surface area contributed by atoms with Crippen LogP contribution in [0.4, 0.5) is 5.69 Å². The summed E-state index contributed by atoms with van der Waals surface area (Å²) in [7, 11) is 0. The smallest absolute Gasteiger partial charge is 0.224 e. The summed E-state index contributed by atoms with van der Waals surface area (Å²) in [5.74, 6) is 0.0559. The van der Waals surface area contributed by atoms with Gasteiger partial charge in [-0.1, -0.05) is 20.8 Å². The van der Waals surface area contributed by atoms with Gasteiger partial charge in [-0.2, -0.15) is 5.10 Å². The van der Waals surface area contributed by atoms with Gasteiger partial charge in [0.25, 0.3) is 0 Å². The highest BCUT2D eigenvalue weighted by molar-refractivity contribution is 5.93. The minimum atomic E-state index is 0. The van der Waals surface area contributed by atoms with Crippen LogP contribution in [0.25, 0.3) is 10.9 Å². The Morgan fingerprint density at radius 2 is 2.24 bits per heavy atom. The van der Waals surface area contributed by atoms with E-state index in [9.17, 15) is 4.79 Å². The summed E-state index contributed by atoms with van der Waals surface area (Å²) in [5.41, 5.74) is 1.80. The van der Waals surface area contributed by atoms with E-state index in [2.05, 4.69) is 15.5 Å². The average Bonchev–Trinajstić information content (AvgIpc) is 2.79. The molecule has 0 aliphatic rings. The van der Waals surface area contributed by atoms with E-state index in [1.807, 2.05) is 39.0 Å². The molecular formula is C13H23N3O. The summed E-state index contributed by atoms with van der Waals surface area (Å²) in [4.78, 5) is 11.4. The Labute approximate surface area is 104 Å². The maximum atomic E-state index is 11.4. The fraction of sp³-hybridized carbons (Fsp3) is 0.385. The quantitative estimate of drug-likeness (QED) is 0.852. The lowest BCUT2D eigenvalue weighted by Crippen LogP contribution is -2.10. The van der Waals surface area contributed by atoms with Crippen LogP contribution in [-0.4, -0.2) is 16.1 Å². The number of nitrogens with zero attached hydrogens (tertiary/aromatic N) is 1. The number of benzene rings is 1. The molecule has 2 aromatic rings. The molecule has 1 amide bonds. The maximum Gasteiger partial charge on any atom is 0.224 e. The van der Waals surface area contributed by atoms with E-state index < -0.39 is 0 Å². The van der Waals surface area contributed by atoms with Crippen molar-refractivity contribution in [1.82, 2.24) is 10.2 Å². The number of fused-ring (bicyclic) bond motifs is 1. The first-order valence-corrected chi connectivity index (χ1v) is 6.02. The number of rotatable bonds is 3. The fourth-order valence-electron chi connectivity index (χ4n) is 1.47. The second-order valence-corrected chi connectivity index (χ2v) is 3.47. The number of amides is 1. The first-order valence-electron chi connectivity index (χ1n) is 6.02. The summed E-state index contributed by atoms with van der Waals surface area (Å²) in [6, 6.07) is 5.68. The zero-order chi connectivity index (χ0) is 12.7. The summed E-state index contributed by atoms with van der Waals surface area (Å²) in [5, 5.41) is 10.6. The number of nitrogens with one attached hydrogen (secondary N) is 2. The molecule has 4 heteroatoms. The zero-order valence-electron chi connectivity index (χ0n) is 10.6. The molecule has 0 radical (unpaired) electrons. The van der Waals surface area contributed by atoms with Crippen molar-refractivity contribution in [2.24, 2.45) is 0 Å². The molecule has 0 aliphatic carbocycles. The Morgan fingerprint density at radius 1 is 1.47 bits per heavy atom. The molecule has 1 aromatic heterocycles. The normalized spacial score (nSPS) is 9.59. The van der Waals surface area contributed by atoms with Crippen molar-refractivity contribution in [2.75, 3.05) is 5.32 Å². The van der Waals surface area contributed by atoms with Gasteiger partial charge >= 0.3 is 0 Å². The van der Waals surface area contributed by atoms with Crippen LogP contribution in [0.2, 0.25) is 0 Å². The summed E-state index contributed by atoms with van der Waals surface area (Å²) < 4.78 is 0. The third-order valence-electron chi connectivity index (χ3n) is 2.20. The lowest BCUT2D eigenvalue weighted by Gasteiger charge is -2.03. The highest BCUT2D eigenvalue weighted by atomic mass is 16.1. The highest BCUT2D eigenvalue weighted by Gasteiger charge is 2.02. The Hall–Kier alpha value is -1.84. The zero-order valence-corrected chi connectivity index (χ0v) is 10.6. The molecule has 2 N–H and O–H groups in total. The van der Waals surface area contributed by atoms with Gasteiger partial charge in [0.1, 0.15) is 0 Å². The van der Waals surface area contributed by atoms with E-state index >= 15 is 0 Å². The Balaban J connectivity index is 0. The SMILES string of the molecule is CC.CCCC(=O)Nc1ccc2[nH]ncc2c1.[HH].[HH]. The minimum absolute atomic E-state index is 0.